The normalized spacial score (nSPS) is 29.7. The van der Waals surface area contributed by atoms with Gasteiger partial charge in [0.05, 0.1) is 16.2 Å². The number of carboxylic acid groups (broad SMARTS) is 1. The van der Waals surface area contributed by atoms with Crippen molar-refractivity contribution in [1.29, 1.82) is 0 Å². The maximum absolute atomic E-state index is 11.4. The zero-order chi connectivity index (χ0) is 11.2. The van der Waals surface area contributed by atoms with Gasteiger partial charge in [0.2, 0.25) is 5.91 Å². The summed E-state index contributed by atoms with van der Waals surface area (Å²) in [6.07, 6.45) is 1.38. The number of nitrogens with one attached hydrogen (secondary N) is 1. The summed E-state index contributed by atoms with van der Waals surface area (Å²) in [5, 5.41) is 10.5. The number of fused-ring (bicyclic) bond motifs is 1. The molecule has 1 fully saturated rings. The van der Waals surface area contributed by atoms with Gasteiger partial charge in [0.25, 0.3) is 0 Å². The lowest BCUT2D eigenvalue weighted by Gasteiger charge is -2.32. The second-order valence-corrected chi connectivity index (χ2v) is 4.43. The predicted molar refractivity (Wildman–Crippen MR) is 51.9 cm³/mol. The van der Waals surface area contributed by atoms with E-state index in [1.54, 1.807) is 0 Å². The van der Waals surface area contributed by atoms with Crippen LogP contribution in [-0.2, 0) is 9.59 Å². The van der Waals surface area contributed by atoms with Crippen LogP contribution in [0.1, 0.15) is 0 Å². The molecular weight excluding hydrogens is 220 g/mol. The fourth-order valence-corrected chi connectivity index (χ4v) is 2.72. The highest BCUT2D eigenvalue weighted by atomic mass is 32.2. The van der Waals surface area contributed by atoms with Crippen LogP contribution in [-0.4, -0.2) is 40.3 Å². The number of urea groups is 1. The highest BCUT2D eigenvalue weighted by molar-refractivity contribution is 8.04. The predicted octanol–water partition coefficient (Wildman–Crippen LogP) is -0.174. The lowest BCUT2D eigenvalue weighted by atomic mass is 10.1. The second kappa shape index (κ2) is 3.27. The first-order valence-electron chi connectivity index (χ1n) is 4.20. The Labute approximate surface area is 89.3 Å². The average molecular weight is 228 g/mol. The standard InChI is InChI=1S/C8H8N2O4S/c1-10-6-3(5(11)9-8(10)14)2-4(15-6)7(12)13/h2-3,6H,1H3,(H,12,13)(H,9,11,14). The van der Waals surface area contributed by atoms with Crippen molar-refractivity contribution >= 4 is 29.7 Å². The molecular formula is C8H8N2O4S. The molecule has 2 aliphatic rings. The highest BCUT2D eigenvalue weighted by Gasteiger charge is 2.44. The van der Waals surface area contributed by atoms with E-state index in [1.807, 2.05) is 0 Å². The Bertz CT molecular complexity index is 392. The molecule has 2 heterocycles. The van der Waals surface area contributed by atoms with Crippen LogP contribution in [0.15, 0.2) is 11.0 Å². The minimum atomic E-state index is -1.07. The number of thioether (sulfide) groups is 1. The van der Waals surface area contributed by atoms with Crippen LogP contribution < -0.4 is 5.32 Å². The maximum atomic E-state index is 11.4. The molecule has 3 amide bonds. The number of carbonyl (C=O) groups excluding carboxylic acids is 2. The van der Waals surface area contributed by atoms with Crippen molar-refractivity contribution in [2.45, 2.75) is 5.37 Å². The van der Waals surface area contributed by atoms with E-state index in [4.69, 9.17) is 5.11 Å². The summed E-state index contributed by atoms with van der Waals surface area (Å²) in [6.45, 7) is 0. The van der Waals surface area contributed by atoms with Gasteiger partial charge in [0, 0.05) is 7.05 Å². The summed E-state index contributed by atoms with van der Waals surface area (Å²) < 4.78 is 0. The molecule has 0 aromatic heterocycles. The number of carboxylic acids is 1. The number of rotatable bonds is 1. The molecule has 0 bridgehead atoms. The smallest absolute Gasteiger partial charge is 0.341 e. The summed E-state index contributed by atoms with van der Waals surface area (Å²) in [7, 11) is 1.53. The number of aliphatic carboxylic acids is 1. The van der Waals surface area contributed by atoms with Crippen LogP contribution in [0.3, 0.4) is 0 Å². The molecule has 0 saturated carbocycles. The molecule has 2 atom stereocenters. The number of amides is 3. The van der Waals surface area contributed by atoms with Crippen LogP contribution in [0.4, 0.5) is 4.79 Å². The van der Waals surface area contributed by atoms with Gasteiger partial charge in [-0.1, -0.05) is 11.8 Å². The van der Waals surface area contributed by atoms with E-state index in [9.17, 15) is 14.4 Å². The van der Waals surface area contributed by atoms with Gasteiger partial charge in [-0.25, -0.2) is 9.59 Å². The topological polar surface area (TPSA) is 86.7 Å². The first-order chi connectivity index (χ1) is 7.00. The monoisotopic (exact) mass is 228 g/mol. The second-order valence-electron chi connectivity index (χ2n) is 3.28. The van der Waals surface area contributed by atoms with Crippen LogP contribution >= 0.6 is 11.8 Å². The first kappa shape index (κ1) is 10.0. The van der Waals surface area contributed by atoms with Crippen LogP contribution in [0.25, 0.3) is 0 Å². The number of hydrogen-bond acceptors (Lipinski definition) is 4. The van der Waals surface area contributed by atoms with E-state index in [1.165, 1.54) is 18.0 Å². The van der Waals surface area contributed by atoms with Crippen molar-refractivity contribution in [3.8, 4) is 0 Å². The molecule has 6 nitrogen and oxygen atoms in total. The zero-order valence-corrected chi connectivity index (χ0v) is 8.58. The lowest BCUT2D eigenvalue weighted by Crippen LogP contribution is -2.55. The third-order valence-electron chi connectivity index (χ3n) is 2.33. The molecule has 2 unspecified atom stereocenters. The van der Waals surface area contributed by atoms with Crippen molar-refractivity contribution in [3.63, 3.8) is 0 Å². The highest BCUT2D eigenvalue weighted by Crippen LogP contribution is 2.39. The van der Waals surface area contributed by atoms with E-state index >= 15 is 0 Å². The molecule has 15 heavy (non-hydrogen) atoms. The van der Waals surface area contributed by atoms with E-state index in [-0.39, 0.29) is 4.91 Å². The third-order valence-corrected chi connectivity index (χ3v) is 3.75. The fourth-order valence-electron chi connectivity index (χ4n) is 1.53. The van der Waals surface area contributed by atoms with E-state index in [2.05, 4.69) is 5.32 Å². The summed E-state index contributed by atoms with van der Waals surface area (Å²) >= 11 is 1.02. The van der Waals surface area contributed by atoms with Crippen LogP contribution in [0.5, 0.6) is 0 Å². The Morgan fingerprint density at radius 1 is 1.60 bits per heavy atom. The Hall–Kier alpha value is -1.50. The van der Waals surface area contributed by atoms with Crippen molar-refractivity contribution < 1.29 is 19.5 Å². The Kier molecular flexibility index (Phi) is 2.18. The molecule has 80 valence electrons. The maximum Gasteiger partial charge on any atom is 0.341 e. The zero-order valence-electron chi connectivity index (χ0n) is 7.76. The van der Waals surface area contributed by atoms with Gasteiger partial charge >= 0.3 is 12.0 Å². The molecule has 0 aliphatic carbocycles. The molecule has 2 rings (SSSR count). The minimum Gasteiger partial charge on any atom is -0.477 e. The van der Waals surface area contributed by atoms with Gasteiger partial charge < -0.3 is 10.0 Å². The van der Waals surface area contributed by atoms with Gasteiger partial charge in [-0.15, -0.1) is 0 Å². The molecule has 0 spiro atoms. The van der Waals surface area contributed by atoms with Gasteiger partial charge in [-0.05, 0) is 6.08 Å². The third kappa shape index (κ3) is 1.48. The van der Waals surface area contributed by atoms with E-state index < -0.39 is 29.2 Å². The van der Waals surface area contributed by atoms with E-state index in [0.29, 0.717) is 0 Å². The summed E-state index contributed by atoms with van der Waals surface area (Å²) in [5.41, 5.74) is 0. The molecule has 7 heteroatoms. The molecule has 0 aromatic rings. The molecule has 2 N–H and O–H groups in total. The minimum absolute atomic E-state index is 0.113. The SMILES string of the molecule is CN1C(=O)NC(=O)C2C=C(C(=O)O)SC21. The summed E-state index contributed by atoms with van der Waals surface area (Å²) in [6, 6.07) is -0.492. The molecule has 1 saturated heterocycles. The average Bonchev–Trinajstić information content (AvgIpc) is 2.59. The molecule has 0 radical (unpaired) electrons. The molecule has 0 aromatic carbocycles. The summed E-state index contributed by atoms with van der Waals surface area (Å²) in [4.78, 5) is 34.8. The van der Waals surface area contributed by atoms with Gasteiger partial charge in [0.1, 0.15) is 0 Å². The quantitative estimate of drug-likeness (QED) is 0.650. The Balaban J connectivity index is 2.28. The molecule has 2 aliphatic heterocycles. The number of hydrogen-bond donors (Lipinski definition) is 2. The number of imide groups is 1. The van der Waals surface area contributed by atoms with Crippen LogP contribution in [0, 0.1) is 5.92 Å². The van der Waals surface area contributed by atoms with Crippen molar-refractivity contribution in [2.75, 3.05) is 7.05 Å². The van der Waals surface area contributed by atoms with Crippen LogP contribution in [0.2, 0.25) is 0 Å². The lowest BCUT2D eigenvalue weighted by molar-refractivity contribution is -0.131. The van der Waals surface area contributed by atoms with E-state index in [0.717, 1.165) is 11.8 Å². The Morgan fingerprint density at radius 2 is 2.27 bits per heavy atom. The van der Waals surface area contributed by atoms with Gasteiger partial charge in [-0.2, -0.15) is 0 Å². The fraction of sp³-hybridized carbons (Fsp3) is 0.375. The van der Waals surface area contributed by atoms with Crippen molar-refractivity contribution in [1.82, 2.24) is 10.2 Å². The Morgan fingerprint density at radius 3 is 2.87 bits per heavy atom. The van der Waals surface area contributed by atoms with Gasteiger partial charge in [-0.3, -0.25) is 10.1 Å². The first-order valence-corrected chi connectivity index (χ1v) is 5.08. The van der Waals surface area contributed by atoms with Gasteiger partial charge in [0.15, 0.2) is 0 Å². The summed E-state index contributed by atoms with van der Waals surface area (Å²) in [5.74, 6) is -2.07. The van der Waals surface area contributed by atoms with Crippen molar-refractivity contribution in [2.24, 2.45) is 5.92 Å². The number of nitrogens with zero attached hydrogens (tertiary/aromatic N) is 1. The van der Waals surface area contributed by atoms with Crippen molar-refractivity contribution in [3.05, 3.63) is 11.0 Å². The number of carbonyl (C=O) groups is 3. The largest absolute Gasteiger partial charge is 0.477 e.